The van der Waals surface area contributed by atoms with E-state index in [-0.39, 0.29) is 0 Å². The maximum atomic E-state index is 6.12. The van der Waals surface area contributed by atoms with Crippen LogP contribution in [0.5, 0.6) is 0 Å². The van der Waals surface area contributed by atoms with Crippen molar-refractivity contribution in [3.63, 3.8) is 0 Å². The second-order valence-electron chi connectivity index (χ2n) is 7.43. The predicted molar refractivity (Wildman–Crippen MR) is 116 cm³/mol. The molecule has 4 heterocycles. The molecule has 1 aliphatic heterocycles. The van der Waals surface area contributed by atoms with E-state index >= 15 is 0 Å². The number of halogens is 1. The van der Waals surface area contributed by atoms with E-state index in [9.17, 15) is 0 Å². The largest absolute Gasteiger partial charge is 0.315 e. The van der Waals surface area contributed by atoms with Crippen LogP contribution in [0, 0.1) is 0 Å². The van der Waals surface area contributed by atoms with Crippen LogP contribution in [0.15, 0.2) is 55.0 Å². The predicted octanol–water partition coefficient (Wildman–Crippen LogP) is 3.84. The molecule has 5 rings (SSSR count). The number of benzene rings is 1. The van der Waals surface area contributed by atoms with Gasteiger partial charge in [0.05, 0.1) is 17.6 Å². The quantitative estimate of drug-likeness (QED) is 0.540. The monoisotopic (exact) mass is 406 g/mol. The third kappa shape index (κ3) is 3.79. The summed E-state index contributed by atoms with van der Waals surface area (Å²) >= 11 is 6.12. The molecule has 0 aliphatic carbocycles. The molecule has 0 spiro atoms. The summed E-state index contributed by atoms with van der Waals surface area (Å²) in [7, 11) is 0. The Hall–Kier alpha value is -2.67. The first-order chi connectivity index (χ1) is 14.3. The average Bonchev–Trinajstić information content (AvgIpc) is 3.31. The topological polar surface area (TPSA) is 61.3 Å². The van der Waals surface area contributed by atoms with Gasteiger partial charge in [-0.2, -0.15) is 5.10 Å². The third-order valence-corrected chi connectivity index (χ3v) is 5.72. The van der Waals surface area contributed by atoms with E-state index in [4.69, 9.17) is 16.6 Å². The van der Waals surface area contributed by atoms with Crippen molar-refractivity contribution in [2.45, 2.75) is 13.0 Å². The molecule has 1 saturated heterocycles. The van der Waals surface area contributed by atoms with E-state index in [0.717, 1.165) is 72.2 Å². The van der Waals surface area contributed by atoms with Gasteiger partial charge in [-0.1, -0.05) is 23.7 Å². The first-order valence-electron chi connectivity index (χ1n) is 9.97. The summed E-state index contributed by atoms with van der Waals surface area (Å²) in [6.45, 7) is 5.08. The zero-order valence-corrected chi connectivity index (χ0v) is 16.9. The lowest BCUT2D eigenvalue weighted by Gasteiger charge is -2.20. The molecule has 1 fully saturated rings. The molecule has 0 unspecified atom stereocenters. The minimum Gasteiger partial charge on any atom is -0.315 e. The normalized spacial score (nSPS) is 15.6. The number of H-pyrrole nitrogens is 1. The number of aromatic amines is 1. The lowest BCUT2D eigenvalue weighted by atomic mass is 10.1. The first-order valence-corrected chi connectivity index (χ1v) is 10.3. The van der Waals surface area contributed by atoms with Crippen molar-refractivity contribution in [3.8, 4) is 22.4 Å². The van der Waals surface area contributed by atoms with Crippen LogP contribution in [0.4, 0.5) is 0 Å². The van der Waals surface area contributed by atoms with E-state index in [2.05, 4.69) is 55.3 Å². The maximum absolute atomic E-state index is 6.12. The number of fused-ring (bicyclic) bond motifs is 1. The van der Waals surface area contributed by atoms with Crippen LogP contribution in [-0.2, 0) is 6.54 Å². The summed E-state index contributed by atoms with van der Waals surface area (Å²) in [5.41, 5.74) is 6.44. The van der Waals surface area contributed by atoms with Gasteiger partial charge < -0.3 is 9.72 Å². The van der Waals surface area contributed by atoms with Gasteiger partial charge in [-0.15, -0.1) is 0 Å². The molecule has 1 aliphatic rings. The molecule has 0 radical (unpaired) electrons. The van der Waals surface area contributed by atoms with Gasteiger partial charge in [0.2, 0.25) is 0 Å². The lowest BCUT2D eigenvalue weighted by molar-refractivity contribution is 0.281. The lowest BCUT2D eigenvalue weighted by Crippen LogP contribution is -2.28. The number of aromatic nitrogens is 4. The second-order valence-corrected chi connectivity index (χ2v) is 7.86. The van der Waals surface area contributed by atoms with Crippen LogP contribution >= 0.6 is 11.6 Å². The van der Waals surface area contributed by atoms with E-state index in [1.165, 1.54) is 5.69 Å². The van der Waals surface area contributed by atoms with Crippen LogP contribution in [0.2, 0.25) is 5.02 Å². The molecule has 3 aromatic heterocycles. The minimum absolute atomic E-state index is 0.736. The first kappa shape index (κ1) is 18.4. The summed E-state index contributed by atoms with van der Waals surface area (Å²) in [6.07, 6.45) is 7.09. The number of nitrogens with one attached hydrogen (secondary N) is 2. The Morgan fingerprint density at radius 2 is 1.83 bits per heavy atom. The van der Waals surface area contributed by atoms with E-state index in [1.54, 1.807) is 0 Å². The highest BCUT2D eigenvalue weighted by Gasteiger charge is 2.19. The van der Waals surface area contributed by atoms with Gasteiger partial charge >= 0.3 is 0 Å². The Kier molecular flexibility index (Phi) is 5.06. The highest BCUT2D eigenvalue weighted by molar-refractivity contribution is 6.30. The van der Waals surface area contributed by atoms with Gasteiger partial charge in [0.15, 0.2) is 0 Å². The van der Waals surface area contributed by atoms with Crippen LogP contribution in [0.1, 0.15) is 12.1 Å². The standard InChI is InChI=1S/C22H23ClN6/c23-19-5-2-16(3-6-19)22-20(15-28-10-1-8-24-9-11-28)29-14-17(4-7-21(29)27-22)18-12-25-26-13-18/h2-7,12-14,24H,1,8-11,15H2,(H,25,26). The van der Waals surface area contributed by atoms with Crippen molar-refractivity contribution in [2.24, 2.45) is 0 Å². The maximum Gasteiger partial charge on any atom is 0.137 e. The van der Waals surface area contributed by atoms with Crippen molar-refractivity contribution in [1.29, 1.82) is 0 Å². The number of pyridine rings is 1. The number of hydrogen-bond donors (Lipinski definition) is 2. The Labute approximate surface area is 174 Å². The van der Waals surface area contributed by atoms with Crippen LogP contribution in [0.3, 0.4) is 0 Å². The molecule has 2 N–H and O–H groups in total. The molecule has 7 heteroatoms. The van der Waals surface area contributed by atoms with Crippen LogP contribution in [-0.4, -0.2) is 50.7 Å². The van der Waals surface area contributed by atoms with Gasteiger partial charge in [-0.3, -0.25) is 10.00 Å². The van der Waals surface area contributed by atoms with Crippen molar-refractivity contribution in [3.05, 3.63) is 65.7 Å². The fourth-order valence-electron chi connectivity index (χ4n) is 3.93. The minimum atomic E-state index is 0.736. The zero-order chi connectivity index (χ0) is 19.6. The van der Waals surface area contributed by atoms with Crippen LogP contribution in [0.25, 0.3) is 28.0 Å². The molecule has 1 aromatic carbocycles. The van der Waals surface area contributed by atoms with Gasteiger partial charge in [-0.25, -0.2) is 4.98 Å². The van der Waals surface area contributed by atoms with Crippen molar-refractivity contribution in [2.75, 3.05) is 26.2 Å². The molecular formula is C22H23ClN6. The Morgan fingerprint density at radius 3 is 2.66 bits per heavy atom. The summed E-state index contributed by atoms with van der Waals surface area (Å²) in [6, 6.07) is 12.1. The fraction of sp³-hybridized carbons (Fsp3) is 0.273. The molecule has 0 bridgehead atoms. The Balaban J connectivity index is 1.62. The third-order valence-electron chi connectivity index (χ3n) is 5.47. The van der Waals surface area contributed by atoms with E-state index in [0.29, 0.717) is 0 Å². The fourth-order valence-corrected chi connectivity index (χ4v) is 4.06. The summed E-state index contributed by atoms with van der Waals surface area (Å²) in [5.74, 6) is 0. The van der Waals surface area contributed by atoms with E-state index < -0.39 is 0 Å². The molecule has 148 valence electrons. The van der Waals surface area contributed by atoms with Gasteiger partial charge in [-0.05, 0) is 43.8 Å². The average molecular weight is 407 g/mol. The number of rotatable bonds is 4. The SMILES string of the molecule is Clc1ccc(-c2nc3ccc(-c4cn[nH]c4)cn3c2CN2CCCNCC2)cc1. The molecule has 29 heavy (non-hydrogen) atoms. The summed E-state index contributed by atoms with van der Waals surface area (Å²) in [5, 5.41) is 11.2. The van der Waals surface area contributed by atoms with Crippen molar-refractivity contribution < 1.29 is 0 Å². The molecule has 6 nitrogen and oxygen atoms in total. The molecular weight excluding hydrogens is 384 g/mol. The molecule has 0 saturated carbocycles. The molecule has 0 amide bonds. The zero-order valence-electron chi connectivity index (χ0n) is 16.1. The number of hydrogen-bond acceptors (Lipinski definition) is 4. The molecule has 4 aromatic rings. The summed E-state index contributed by atoms with van der Waals surface area (Å²) in [4.78, 5) is 7.49. The van der Waals surface area contributed by atoms with Crippen molar-refractivity contribution >= 4 is 17.2 Å². The number of imidazole rings is 1. The smallest absolute Gasteiger partial charge is 0.137 e. The van der Waals surface area contributed by atoms with Crippen molar-refractivity contribution in [1.82, 2.24) is 29.8 Å². The van der Waals surface area contributed by atoms with Gasteiger partial charge in [0, 0.05) is 53.7 Å². The van der Waals surface area contributed by atoms with Gasteiger partial charge in [0.1, 0.15) is 5.65 Å². The number of nitrogens with zero attached hydrogens (tertiary/aromatic N) is 4. The summed E-state index contributed by atoms with van der Waals surface area (Å²) < 4.78 is 2.23. The highest BCUT2D eigenvalue weighted by Crippen LogP contribution is 2.29. The van der Waals surface area contributed by atoms with Crippen LogP contribution < -0.4 is 5.32 Å². The Morgan fingerprint density at radius 1 is 0.966 bits per heavy atom. The Bertz CT molecular complexity index is 1090. The molecule has 0 atom stereocenters. The van der Waals surface area contributed by atoms with Gasteiger partial charge in [0.25, 0.3) is 0 Å². The highest BCUT2D eigenvalue weighted by atomic mass is 35.5. The second kappa shape index (κ2) is 7.99. The van der Waals surface area contributed by atoms with E-state index in [1.807, 2.05) is 24.5 Å².